The topological polar surface area (TPSA) is 106 Å². The Bertz CT molecular complexity index is 1480. The largest absolute Gasteiger partial charge is 0.508 e. The van der Waals surface area contributed by atoms with Gasteiger partial charge in [0.25, 0.3) is 5.91 Å². The molecule has 0 saturated heterocycles. The number of hydrogen-bond acceptors (Lipinski definition) is 4. The first-order valence-corrected chi connectivity index (χ1v) is 10.5. The lowest BCUT2D eigenvalue weighted by atomic mass is 9.95. The number of nitrogens with one attached hydrogen (secondary N) is 4. The second-order valence-electron chi connectivity index (χ2n) is 8.14. The molecule has 6 rings (SSSR count). The maximum absolute atomic E-state index is 12.6. The monoisotopic (exact) mass is 423 g/mol. The first-order chi connectivity index (χ1) is 15.7. The van der Waals surface area contributed by atoms with E-state index in [-0.39, 0.29) is 17.7 Å². The normalized spacial score (nSPS) is 15.4. The van der Waals surface area contributed by atoms with Crippen molar-refractivity contribution < 1.29 is 9.90 Å². The number of para-hydroxylation sites is 1. The van der Waals surface area contributed by atoms with Crippen LogP contribution in [0.25, 0.3) is 21.8 Å². The Kier molecular flexibility index (Phi) is 4.22. The van der Waals surface area contributed by atoms with E-state index in [1.807, 2.05) is 30.5 Å². The molecule has 32 heavy (non-hydrogen) atoms. The number of aromatic hydroxyl groups is 1. The third kappa shape index (κ3) is 3.02. The molecule has 5 N–H and O–H groups in total. The number of carbonyl (C=O) groups excluding carboxylic acids is 1. The summed E-state index contributed by atoms with van der Waals surface area (Å²) in [6.45, 7) is 1.30. The van der Waals surface area contributed by atoms with E-state index in [4.69, 9.17) is 0 Å². The maximum atomic E-state index is 12.6. The van der Waals surface area contributed by atoms with Gasteiger partial charge in [-0.1, -0.05) is 24.3 Å². The van der Waals surface area contributed by atoms with Crippen LogP contribution in [-0.2, 0) is 13.1 Å². The number of benzene rings is 3. The second kappa shape index (κ2) is 7.25. The van der Waals surface area contributed by atoms with Crippen molar-refractivity contribution in [3.63, 3.8) is 0 Å². The second-order valence-corrected chi connectivity index (χ2v) is 8.14. The molecular formula is C25H21N5O2. The number of phenolic OH excluding ortho intramolecular Hbond substituents is 1. The Morgan fingerprint density at radius 1 is 1.00 bits per heavy atom. The van der Waals surface area contributed by atoms with E-state index in [0.29, 0.717) is 18.7 Å². The Morgan fingerprint density at radius 2 is 1.91 bits per heavy atom. The molecule has 3 heterocycles. The van der Waals surface area contributed by atoms with Crippen LogP contribution in [0.3, 0.4) is 0 Å². The van der Waals surface area contributed by atoms with E-state index in [0.717, 1.165) is 38.6 Å². The third-order valence-electron chi connectivity index (χ3n) is 6.12. The van der Waals surface area contributed by atoms with E-state index >= 15 is 0 Å². The van der Waals surface area contributed by atoms with Crippen LogP contribution in [0.15, 0.2) is 66.9 Å². The minimum atomic E-state index is -0.320. The standard InChI is InChI=1S/C25H21N5O2/c31-16-6-7-17-19(10-16)24(29-25(17)32)23-18-3-1-2-4-21(18)28-22(23)13-26-11-14-5-8-20-15(9-14)12-27-30-20/h1-10,12,24,26,28,31H,11,13H2,(H,27,30)(H,29,32). The molecule has 0 spiro atoms. The van der Waals surface area contributed by atoms with Crippen molar-refractivity contribution in [2.45, 2.75) is 19.1 Å². The van der Waals surface area contributed by atoms with E-state index in [1.165, 1.54) is 5.56 Å². The van der Waals surface area contributed by atoms with Crippen LogP contribution in [0.5, 0.6) is 5.75 Å². The third-order valence-corrected chi connectivity index (χ3v) is 6.12. The molecule has 0 radical (unpaired) electrons. The van der Waals surface area contributed by atoms with Crippen molar-refractivity contribution in [2.75, 3.05) is 0 Å². The van der Waals surface area contributed by atoms with Crippen molar-refractivity contribution in [3.05, 3.63) is 94.8 Å². The van der Waals surface area contributed by atoms with Crippen molar-refractivity contribution >= 4 is 27.7 Å². The molecular weight excluding hydrogens is 402 g/mol. The summed E-state index contributed by atoms with van der Waals surface area (Å²) in [5, 5.41) is 25.9. The molecule has 1 aliphatic heterocycles. The zero-order chi connectivity index (χ0) is 21.7. The van der Waals surface area contributed by atoms with Gasteiger partial charge in [-0.3, -0.25) is 9.89 Å². The predicted octanol–water partition coefficient (Wildman–Crippen LogP) is 3.87. The molecule has 7 heteroatoms. The van der Waals surface area contributed by atoms with Gasteiger partial charge in [-0.05, 0) is 47.5 Å². The first-order valence-electron chi connectivity index (χ1n) is 10.5. The average Bonchev–Trinajstić information content (AvgIpc) is 3.48. The van der Waals surface area contributed by atoms with Crippen LogP contribution in [-0.4, -0.2) is 26.2 Å². The molecule has 1 aliphatic rings. The Labute approximate surface area is 183 Å². The number of hydrogen-bond donors (Lipinski definition) is 5. The van der Waals surface area contributed by atoms with E-state index < -0.39 is 0 Å². The molecule has 5 aromatic rings. The number of phenols is 1. The zero-order valence-corrected chi connectivity index (χ0v) is 17.1. The van der Waals surface area contributed by atoms with Crippen LogP contribution in [0.2, 0.25) is 0 Å². The highest BCUT2D eigenvalue weighted by atomic mass is 16.3. The smallest absolute Gasteiger partial charge is 0.252 e. The molecule has 0 aliphatic carbocycles. The molecule has 1 atom stereocenters. The van der Waals surface area contributed by atoms with Gasteiger partial charge in [0.05, 0.1) is 17.8 Å². The molecule has 7 nitrogen and oxygen atoms in total. The molecule has 0 bridgehead atoms. The summed E-state index contributed by atoms with van der Waals surface area (Å²) < 4.78 is 0. The molecule has 1 amide bonds. The highest BCUT2D eigenvalue weighted by molar-refractivity contribution is 6.01. The van der Waals surface area contributed by atoms with Crippen LogP contribution in [0, 0.1) is 0 Å². The highest BCUT2D eigenvalue weighted by Gasteiger charge is 2.33. The van der Waals surface area contributed by atoms with Gasteiger partial charge in [0.1, 0.15) is 5.75 Å². The fourth-order valence-electron chi connectivity index (χ4n) is 4.63. The first kappa shape index (κ1) is 18.7. The minimum Gasteiger partial charge on any atom is -0.508 e. The molecule has 3 aromatic carbocycles. The molecule has 1 unspecified atom stereocenters. The van der Waals surface area contributed by atoms with Gasteiger partial charge in [0.15, 0.2) is 0 Å². The Hall–Kier alpha value is -4.10. The van der Waals surface area contributed by atoms with E-state index in [1.54, 1.807) is 18.2 Å². The summed E-state index contributed by atoms with van der Waals surface area (Å²) in [5.41, 5.74) is 6.64. The minimum absolute atomic E-state index is 0.123. The maximum Gasteiger partial charge on any atom is 0.252 e. The summed E-state index contributed by atoms with van der Waals surface area (Å²) in [5.74, 6) is 0.0296. The molecule has 2 aromatic heterocycles. The fourth-order valence-corrected chi connectivity index (χ4v) is 4.63. The summed E-state index contributed by atoms with van der Waals surface area (Å²) in [6.07, 6.45) is 1.82. The number of aromatic amines is 2. The lowest BCUT2D eigenvalue weighted by Crippen LogP contribution is -2.22. The van der Waals surface area contributed by atoms with Crippen molar-refractivity contribution in [1.29, 1.82) is 0 Å². The van der Waals surface area contributed by atoms with E-state index in [9.17, 15) is 9.90 Å². The van der Waals surface area contributed by atoms with Gasteiger partial charge in [0, 0.05) is 46.2 Å². The van der Waals surface area contributed by atoms with Crippen LogP contribution in [0.1, 0.15) is 38.8 Å². The number of carbonyl (C=O) groups is 1. The highest BCUT2D eigenvalue weighted by Crippen LogP contribution is 2.38. The SMILES string of the molecule is O=C1NC(c2c(CNCc3ccc4[nH]ncc4c3)[nH]c3ccccc23)c2cc(O)ccc21. The quantitative estimate of drug-likeness (QED) is 0.296. The van der Waals surface area contributed by atoms with Crippen LogP contribution >= 0.6 is 0 Å². The van der Waals surface area contributed by atoms with Gasteiger partial charge in [-0.15, -0.1) is 0 Å². The number of amides is 1. The number of nitrogens with zero attached hydrogens (tertiary/aromatic N) is 1. The Balaban J connectivity index is 1.34. The summed E-state index contributed by atoms with van der Waals surface area (Å²) >= 11 is 0. The molecule has 0 saturated carbocycles. The molecule has 0 fully saturated rings. The van der Waals surface area contributed by atoms with Gasteiger partial charge >= 0.3 is 0 Å². The average molecular weight is 423 g/mol. The predicted molar refractivity (Wildman–Crippen MR) is 122 cm³/mol. The lowest BCUT2D eigenvalue weighted by Gasteiger charge is -2.15. The lowest BCUT2D eigenvalue weighted by molar-refractivity contribution is 0.0960. The summed E-state index contributed by atoms with van der Waals surface area (Å²) in [6, 6.07) is 18.9. The number of fused-ring (bicyclic) bond motifs is 3. The summed E-state index contributed by atoms with van der Waals surface area (Å²) in [7, 11) is 0. The van der Waals surface area contributed by atoms with Crippen molar-refractivity contribution in [2.24, 2.45) is 0 Å². The number of H-pyrrole nitrogens is 2. The summed E-state index contributed by atoms with van der Waals surface area (Å²) in [4.78, 5) is 16.1. The van der Waals surface area contributed by atoms with Crippen molar-refractivity contribution in [1.82, 2.24) is 25.8 Å². The van der Waals surface area contributed by atoms with Crippen molar-refractivity contribution in [3.8, 4) is 5.75 Å². The van der Waals surface area contributed by atoms with Gasteiger partial charge in [0.2, 0.25) is 0 Å². The van der Waals surface area contributed by atoms with Gasteiger partial charge in [-0.2, -0.15) is 5.10 Å². The fraction of sp³-hybridized carbons (Fsp3) is 0.120. The Morgan fingerprint density at radius 3 is 2.84 bits per heavy atom. The van der Waals surface area contributed by atoms with Gasteiger partial charge < -0.3 is 20.7 Å². The van der Waals surface area contributed by atoms with Crippen LogP contribution < -0.4 is 10.6 Å². The molecule has 158 valence electrons. The number of rotatable bonds is 5. The number of aromatic nitrogens is 3. The van der Waals surface area contributed by atoms with E-state index in [2.05, 4.69) is 44.0 Å². The zero-order valence-electron chi connectivity index (χ0n) is 17.1. The van der Waals surface area contributed by atoms with Gasteiger partial charge in [-0.25, -0.2) is 0 Å². The van der Waals surface area contributed by atoms with Crippen LogP contribution in [0.4, 0.5) is 0 Å².